The molecular weight excluding hydrogens is 259 g/mol. The summed E-state index contributed by atoms with van der Waals surface area (Å²) in [6.07, 6.45) is 1.07. The predicted octanol–water partition coefficient (Wildman–Crippen LogP) is 6.16. The number of rotatable bonds is 3. The van der Waals surface area contributed by atoms with Crippen LogP contribution in [0.15, 0.2) is 72.8 Å². The normalized spacial score (nSPS) is 10.4. The lowest BCUT2D eigenvalue weighted by Crippen LogP contribution is -1.83. The monoisotopic (exact) mass is 276 g/mol. The second-order valence-electron chi connectivity index (χ2n) is 4.83. The molecule has 2 aromatic carbocycles. The first-order valence-electron chi connectivity index (χ1n) is 6.98. The maximum Gasteiger partial charge on any atom is 0.00988 e. The fourth-order valence-corrected chi connectivity index (χ4v) is 3.58. The largest absolute Gasteiger partial charge is 0.0622 e. The van der Waals surface area contributed by atoms with Crippen LogP contribution in [0.1, 0.15) is 12.5 Å². The van der Waals surface area contributed by atoms with Crippen molar-refractivity contribution in [3.05, 3.63) is 78.4 Å². The van der Waals surface area contributed by atoms with Crippen molar-refractivity contribution in [2.24, 2.45) is 0 Å². The second-order valence-corrected chi connectivity index (χ2v) is 6.02. The van der Waals surface area contributed by atoms with E-state index in [1.165, 1.54) is 35.5 Å². The highest BCUT2D eigenvalue weighted by Crippen LogP contribution is 2.38. The van der Waals surface area contributed by atoms with E-state index < -0.39 is 0 Å². The molecule has 1 heterocycles. The Labute approximate surface area is 122 Å². The molecule has 0 bridgehead atoms. The van der Waals surface area contributed by atoms with Gasteiger partial charge in [0.15, 0.2) is 0 Å². The summed E-state index contributed by atoms with van der Waals surface area (Å²) in [7, 11) is 1.29. The van der Waals surface area contributed by atoms with Gasteiger partial charge >= 0.3 is 0 Å². The molecule has 0 atom stereocenters. The summed E-state index contributed by atoms with van der Waals surface area (Å²) in [6, 6.07) is 26.0. The average Bonchev–Trinajstić information content (AvgIpc) is 2.56. The van der Waals surface area contributed by atoms with Gasteiger partial charge in [0.1, 0.15) is 0 Å². The fourth-order valence-electron chi connectivity index (χ4n) is 2.30. The minimum Gasteiger partial charge on any atom is -0.0622 e. The summed E-state index contributed by atoms with van der Waals surface area (Å²) in [4.78, 5) is 0. The third-order valence-electron chi connectivity index (χ3n) is 3.43. The van der Waals surface area contributed by atoms with Crippen molar-refractivity contribution in [3.8, 4) is 21.7 Å². The minimum absolute atomic E-state index is 1.07. The molecule has 0 unspecified atom stereocenters. The highest BCUT2D eigenvalue weighted by atomic mass is 31.0. The second kappa shape index (κ2) is 6.03. The lowest BCUT2D eigenvalue weighted by molar-refractivity contribution is 1.15. The van der Waals surface area contributed by atoms with Crippen LogP contribution in [0.4, 0.5) is 0 Å². The Bertz CT molecular complexity index is 630. The van der Waals surface area contributed by atoms with E-state index in [9.17, 15) is 0 Å². The maximum absolute atomic E-state index is 2.34. The molecule has 20 heavy (non-hydrogen) atoms. The van der Waals surface area contributed by atoms with Gasteiger partial charge in [-0.15, -0.1) is 0 Å². The topological polar surface area (TPSA) is 0 Å². The van der Waals surface area contributed by atoms with E-state index in [0.717, 1.165) is 6.42 Å². The van der Waals surface area contributed by atoms with Gasteiger partial charge in [-0.3, -0.25) is 0 Å². The molecule has 0 amide bonds. The van der Waals surface area contributed by atoms with E-state index in [-0.39, 0.29) is 0 Å². The third kappa shape index (κ3) is 2.81. The quantitative estimate of drug-likeness (QED) is 0.537. The van der Waals surface area contributed by atoms with Crippen molar-refractivity contribution in [1.29, 1.82) is 0 Å². The van der Waals surface area contributed by atoms with Crippen LogP contribution in [0.5, 0.6) is 0 Å². The van der Waals surface area contributed by atoms with Crippen LogP contribution in [0.3, 0.4) is 0 Å². The Morgan fingerprint density at radius 1 is 0.700 bits per heavy atom. The molecule has 0 nitrogen and oxygen atoms in total. The van der Waals surface area contributed by atoms with Crippen molar-refractivity contribution in [1.82, 2.24) is 0 Å². The van der Waals surface area contributed by atoms with Crippen molar-refractivity contribution in [2.45, 2.75) is 13.3 Å². The zero-order valence-corrected chi connectivity index (χ0v) is 12.5. The maximum atomic E-state index is 2.34. The van der Waals surface area contributed by atoms with Crippen LogP contribution in [0.25, 0.3) is 21.7 Å². The average molecular weight is 276 g/mol. The Hall–Kier alpha value is -1.91. The van der Waals surface area contributed by atoms with E-state index in [1.807, 2.05) is 0 Å². The van der Waals surface area contributed by atoms with Gasteiger partial charge in [-0.05, 0) is 35.2 Å². The lowest BCUT2D eigenvalue weighted by atomic mass is 10.1. The van der Waals surface area contributed by atoms with Crippen LogP contribution in [-0.2, 0) is 6.42 Å². The predicted molar refractivity (Wildman–Crippen MR) is 89.2 cm³/mol. The van der Waals surface area contributed by atoms with Crippen molar-refractivity contribution >= 4 is 8.19 Å². The molecule has 0 radical (unpaired) electrons. The molecular formula is C19H17P. The first-order chi connectivity index (χ1) is 9.86. The van der Waals surface area contributed by atoms with Gasteiger partial charge in [0.2, 0.25) is 0 Å². The third-order valence-corrected chi connectivity index (χ3v) is 4.69. The Kier molecular flexibility index (Phi) is 3.95. The molecule has 0 N–H and O–H groups in total. The van der Waals surface area contributed by atoms with Gasteiger partial charge in [-0.2, -0.15) is 0 Å². The molecule has 98 valence electrons. The summed E-state index contributed by atoms with van der Waals surface area (Å²) in [6.45, 7) is 2.22. The molecule has 0 aliphatic carbocycles. The Balaban J connectivity index is 2.13. The molecule has 0 spiro atoms. The van der Waals surface area contributed by atoms with Crippen LogP contribution in [0, 0.1) is 0 Å². The lowest BCUT2D eigenvalue weighted by Gasteiger charge is -2.09. The molecule has 3 rings (SSSR count). The van der Waals surface area contributed by atoms with Gasteiger partial charge in [0, 0.05) is 10.6 Å². The standard InChI is InChI=1S/C19H17P/c1-2-15-13-18(16-9-5-3-6-10-16)20-19(14-15)17-11-7-4-8-12-17/h3-14H,2H2,1H3. The highest BCUT2D eigenvalue weighted by molar-refractivity contribution is 7.37. The molecule has 0 fully saturated rings. The highest BCUT2D eigenvalue weighted by Gasteiger charge is 2.05. The molecule has 1 aromatic heterocycles. The summed E-state index contributed by atoms with van der Waals surface area (Å²) < 4.78 is 0. The number of benzene rings is 2. The SMILES string of the molecule is CCc1cc(-c2ccccc2)pc(-c2ccccc2)c1. The summed E-state index contributed by atoms with van der Waals surface area (Å²) in [5, 5.41) is 2.78. The van der Waals surface area contributed by atoms with Crippen molar-refractivity contribution in [3.63, 3.8) is 0 Å². The van der Waals surface area contributed by atoms with Gasteiger partial charge in [0.25, 0.3) is 0 Å². The van der Waals surface area contributed by atoms with Gasteiger partial charge in [-0.25, -0.2) is 0 Å². The summed E-state index contributed by atoms with van der Waals surface area (Å²) in [5.74, 6) is 0. The Morgan fingerprint density at radius 2 is 1.15 bits per heavy atom. The van der Waals surface area contributed by atoms with E-state index >= 15 is 0 Å². The first kappa shape index (κ1) is 13.1. The molecule has 1 heteroatoms. The van der Waals surface area contributed by atoms with Gasteiger partial charge in [-0.1, -0.05) is 75.8 Å². The smallest absolute Gasteiger partial charge is 0.00988 e. The molecule has 0 saturated heterocycles. The fraction of sp³-hybridized carbons (Fsp3) is 0.105. The van der Waals surface area contributed by atoms with Crippen LogP contribution in [-0.4, -0.2) is 0 Å². The van der Waals surface area contributed by atoms with Gasteiger partial charge < -0.3 is 0 Å². The number of hydrogen-bond donors (Lipinski definition) is 0. The van der Waals surface area contributed by atoms with E-state index in [1.54, 1.807) is 0 Å². The minimum atomic E-state index is 1.07. The van der Waals surface area contributed by atoms with Crippen molar-refractivity contribution < 1.29 is 0 Å². The number of aryl methyl sites for hydroxylation is 1. The Morgan fingerprint density at radius 3 is 1.55 bits per heavy atom. The van der Waals surface area contributed by atoms with Crippen LogP contribution in [0.2, 0.25) is 0 Å². The summed E-state index contributed by atoms with van der Waals surface area (Å²) >= 11 is 0. The molecule has 3 aromatic rings. The zero-order chi connectivity index (χ0) is 13.8. The molecule has 0 aliphatic heterocycles. The zero-order valence-electron chi connectivity index (χ0n) is 11.6. The van der Waals surface area contributed by atoms with Gasteiger partial charge in [0.05, 0.1) is 0 Å². The van der Waals surface area contributed by atoms with Crippen LogP contribution < -0.4 is 0 Å². The van der Waals surface area contributed by atoms with E-state index in [2.05, 4.69) is 79.7 Å². The number of hydrogen-bond acceptors (Lipinski definition) is 0. The van der Waals surface area contributed by atoms with Crippen molar-refractivity contribution in [2.75, 3.05) is 0 Å². The first-order valence-corrected chi connectivity index (χ1v) is 7.88. The van der Waals surface area contributed by atoms with E-state index in [0.29, 0.717) is 0 Å². The summed E-state index contributed by atoms with van der Waals surface area (Å²) in [5.41, 5.74) is 4.05. The van der Waals surface area contributed by atoms with E-state index in [4.69, 9.17) is 0 Å². The van der Waals surface area contributed by atoms with Crippen LogP contribution >= 0.6 is 8.19 Å². The molecule has 0 saturated carbocycles. The molecule has 0 aliphatic rings.